The summed E-state index contributed by atoms with van der Waals surface area (Å²) in [5, 5.41) is 3.56. The van der Waals surface area contributed by atoms with Crippen molar-refractivity contribution in [3.05, 3.63) is 51.2 Å². The molecule has 1 atom stereocenters. The molecule has 1 aromatic carbocycles. The second kappa shape index (κ2) is 6.82. The smallest absolute Gasteiger partial charge is 0.0931 e. The van der Waals surface area contributed by atoms with Crippen LogP contribution in [0, 0.1) is 0 Å². The third-order valence-electron chi connectivity index (χ3n) is 4.04. The van der Waals surface area contributed by atoms with Crippen molar-refractivity contribution in [3.8, 4) is 0 Å². The Morgan fingerprint density at radius 2 is 1.86 bits per heavy atom. The molecular formula is C17H21ClN2S. The Hall–Kier alpha value is -1.03. The van der Waals surface area contributed by atoms with Gasteiger partial charge in [-0.25, -0.2) is 0 Å². The monoisotopic (exact) mass is 320 g/mol. The van der Waals surface area contributed by atoms with Gasteiger partial charge in [0.25, 0.3) is 0 Å². The molecule has 1 aliphatic rings. The second-order valence-corrected chi connectivity index (χ2v) is 7.35. The predicted octanol–water partition coefficient (Wildman–Crippen LogP) is 4.85. The number of hydrogen-bond acceptors (Lipinski definition) is 3. The van der Waals surface area contributed by atoms with E-state index in [2.05, 4.69) is 47.5 Å². The summed E-state index contributed by atoms with van der Waals surface area (Å²) in [6.07, 6.45) is 2.65. The van der Waals surface area contributed by atoms with E-state index in [1.165, 1.54) is 42.1 Å². The molecule has 0 amide bonds. The molecule has 112 valence electrons. The first kappa shape index (κ1) is 14.9. The number of nitrogens with zero attached hydrogens (tertiary/aromatic N) is 1. The van der Waals surface area contributed by atoms with E-state index in [9.17, 15) is 0 Å². The number of hydrogen-bond donors (Lipinski definition) is 1. The molecule has 0 aliphatic carbocycles. The molecule has 2 nitrogen and oxygen atoms in total. The lowest BCUT2D eigenvalue weighted by Gasteiger charge is -2.18. The van der Waals surface area contributed by atoms with Gasteiger partial charge in [-0.3, -0.25) is 0 Å². The Morgan fingerprint density at radius 1 is 1.14 bits per heavy atom. The Bertz CT molecular complexity index is 573. The van der Waals surface area contributed by atoms with E-state index in [0.29, 0.717) is 6.04 Å². The second-order valence-electron chi connectivity index (χ2n) is 5.61. The molecule has 1 unspecified atom stereocenters. The zero-order valence-electron chi connectivity index (χ0n) is 12.3. The molecule has 3 rings (SSSR count). The van der Waals surface area contributed by atoms with Crippen molar-refractivity contribution in [2.24, 2.45) is 0 Å². The Kier molecular flexibility index (Phi) is 4.84. The predicted molar refractivity (Wildman–Crippen MR) is 92.5 cm³/mol. The molecule has 0 bridgehead atoms. The summed E-state index contributed by atoms with van der Waals surface area (Å²) in [6.45, 7) is 5.47. The molecule has 4 heteroatoms. The van der Waals surface area contributed by atoms with Gasteiger partial charge in [-0.2, -0.15) is 0 Å². The van der Waals surface area contributed by atoms with Crippen LogP contribution in [-0.2, 0) is 6.54 Å². The van der Waals surface area contributed by atoms with Crippen molar-refractivity contribution >= 4 is 28.6 Å². The van der Waals surface area contributed by atoms with E-state index in [4.69, 9.17) is 11.6 Å². The maximum atomic E-state index is 5.99. The third-order valence-corrected chi connectivity index (χ3v) is 5.45. The summed E-state index contributed by atoms with van der Waals surface area (Å²) in [7, 11) is 0. The van der Waals surface area contributed by atoms with Crippen LogP contribution in [0.1, 0.15) is 36.2 Å². The summed E-state index contributed by atoms with van der Waals surface area (Å²) < 4.78 is 0.855. The summed E-state index contributed by atoms with van der Waals surface area (Å²) >= 11 is 7.63. The number of benzene rings is 1. The fraction of sp³-hybridized carbons (Fsp3) is 0.412. The topological polar surface area (TPSA) is 15.3 Å². The molecule has 2 aromatic rings. The van der Waals surface area contributed by atoms with Crippen LogP contribution in [0.25, 0.3) is 0 Å². The first-order valence-corrected chi connectivity index (χ1v) is 8.74. The SMILES string of the molecule is CC(NCc1ccc(N2CCCC2)cc1)c1ccc(Cl)s1. The van der Waals surface area contributed by atoms with Gasteiger partial charge in [-0.15, -0.1) is 11.3 Å². The lowest BCUT2D eigenvalue weighted by molar-refractivity contribution is 0.583. The van der Waals surface area contributed by atoms with Crippen LogP contribution >= 0.6 is 22.9 Å². The van der Waals surface area contributed by atoms with Crippen molar-refractivity contribution in [2.45, 2.75) is 32.4 Å². The average Bonchev–Trinajstić information content (AvgIpc) is 3.16. The first-order chi connectivity index (χ1) is 10.2. The van der Waals surface area contributed by atoms with Crippen LogP contribution in [0.4, 0.5) is 5.69 Å². The molecule has 21 heavy (non-hydrogen) atoms. The quantitative estimate of drug-likeness (QED) is 0.847. The number of anilines is 1. The maximum Gasteiger partial charge on any atom is 0.0931 e. The van der Waals surface area contributed by atoms with E-state index < -0.39 is 0 Å². The van der Waals surface area contributed by atoms with Crippen LogP contribution in [0.3, 0.4) is 0 Å². The van der Waals surface area contributed by atoms with Gasteiger partial charge in [0.2, 0.25) is 0 Å². The van der Waals surface area contributed by atoms with Crippen LogP contribution in [0.15, 0.2) is 36.4 Å². The normalized spacial score (nSPS) is 16.4. The van der Waals surface area contributed by atoms with Gasteiger partial charge in [0.15, 0.2) is 0 Å². The molecule has 0 spiro atoms. The molecule has 1 fully saturated rings. The van der Waals surface area contributed by atoms with Gasteiger partial charge in [0.05, 0.1) is 4.34 Å². The molecular weight excluding hydrogens is 300 g/mol. The van der Waals surface area contributed by atoms with E-state index in [-0.39, 0.29) is 0 Å². The lowest BCUT2D eigenvalue weighted by Crippen LogP contribution is -2.18. The molecule has 0 radical (unpaired) electrons. The molecule has 1 saturated heterocycles. The van der Waals surface area contributed by atoms with Crippen LogP contribution < -0.4 is 10.2 Å². The van der Waals surface area contributed by atoms with E-state index in [1.807, 2.05) is 6.07 Å². The molecule has 0 saturated carbocycles. The van der Waals surface area contributed by atoms with Gasteiger partial charge in [0, 0.05) is 36.2 Å². The van der Waals surface area contributed by atoms with Crippen LogP contribution in [-0.4, -0.2) is 13.1 Å². The van der Waals surface area contributed by atoms with Gasteiger partial charge in [0.1, 0.15) is 0 Å². The zero-order chi connectivity index (χ0) is 14.7. The van der Waals surface area contributed by atoms with Crippen molar-refractivity contribution in [3.63, 3.8) is 0 Å². The zero-order valence-corrected chi connectivity index (χ0v) is 13.9. The minimum absolute atomic E-state index is 0.334. The minimum atomic E-state index is 0.334. The fourth-order valence-corrected chi connectivity index (χ4v) is 3.82. The lowest BCUT2D eigenvalue weighted by atomic mass is 10.2. The Balaban J connectivity index is 1.55. The highest BCUT2D eigenvalue weighted by atomic mass is 35.5. The maximum absolute atomic E-state index is 5.99. The number of halogens is 1. The average molecular weight is 321 g/mol. The van der Waals surface area contributed by atoms with Gasteiger partial charge in [-0.05, 0) is 49.6 Å². The fourth-order valence-electron chi connectivity index (χ4n) is 2.73. The number of nitrogens with one attached hydrogen (secondary N) is 1. The highest BCUT2D eigenvalue weighted by molar-refractivity contribution is 7.16. The van der Waals surface area contributed by atoms with Crippen molar-refractivity contribution in [1.82, 2.24) is 5.32 Å². The number of rotatable bonds is 5. The molecule has 2 heterocycles. The highest BCUT2D eigenvalue weighted by Crippen LogP contribution is 2.27. The third kappa shape index (κ3) is 3.79. The summed E-state index contributed by atoms with van der Waals surface area (Å²) in [4.78, 5) is 3.75. The van der Waals surface area contributed by atoms with Crippen molar-refractivity contribution in [2.75, 3.05) is 18.0 Å². The van der Waals surface area contributed by atoms with E-state index in [1.54, 1.807) is 11.3 Å². The standard InChI is InChI=1S/C17H21ClN2S/c1-13(16-8-9-17(18)21-16)19-12-14-4-6-15(7-5-14)20-10-2-3-11-20/h4-9,13,19H,2-3,10-12H2,1H3. The van der Waals surface area contributed by atoms with Crippen LogP contribution in [0.2, 0.25) is 4.34 Å². The summed E-state index contributed by atoms with van der Waals surface area (Å²) in [5.74, 6) is 0. The first-order valence-electron chi connectivity index (χ1n) is 7.55. The molecule has 1 N–H and O–H groups in total. The van der Waals surface area contributed by atoms with Crippen molar-refractivity contribution < 1.29 is 0 Å². The molecule has 1 aromatic heterocycles. The van der Waals surface area contributed by atoms with Gasteiger partial charge >= 0.3 is 0 Å². The molecule has 1 aliphatic heterocycles. The summed E-state index contributed by atoms with van der Waals surface area (Å²) in [5.41, 5.74) is 2.68. The van der Waals surface area contributed by atoms with Gasteiger partial charge < -0.3 is 10.2 Å². The van der Waals surface area contributed by atoms with E-state index in [0.717, 1.165) is 10.9 Å². The number of thiophene rings is 1. The van der Waals surface area contributed by atoms with Crippen molar-refractivity contribution in [1.29, 1.82) is 0 Å². The highest BCUT2D eigenvalue weighted by Gasteiger charge is 2.12. The summed E-state index contributed by atoms with van der Waals surface area (Å²) in [6, 6.07) is 13.3. The minimum Gasteiger partial charge on any atom is -0.372 e. The Morgan fingerprint density at radius 3 is 2.48 bits per heavy atom. The van der Waals surface area contributed by atoms with E-state index >= 15 is 0 Å². The van der Waals surface area contributed by atoms with Crippen LogP contribution in [0.5, 0.6) is 0 Å². The largest absolute Gasteiger partial charge is 0.372 e. The Labute approximate surface area is 135 Å². The van der Waals surface area contributed by atoms with Gasteiger partial charge in [-0.1, -0.05) is 23.7 Å².